The van der Waals surface area contributed by atoms with Gasteiger partial charge in [-0.2, -0.15) is 0 Å². The van der Waals surface area contributed by atoms with Crippen molar-refractivity contribution in [2.24, 2.45) is 0 Å². The molecule has 0 saturated carbocycles. The van der Waals surface area contributed by atoms with Crippen LogP contribution in [0.25, 0.3) is 22.0 Å². The van der Waals surface area contributed by atoms with E-state index >= 15 is 0 Å². The summed E-state index contributed by atoms with van der Waals surface area (Å²) < 4.78 is 5.70. The van der Waals surface area contributed by atoms with E-state index in [1.807, 2.05) is 31.5 Å². The van der Waals surface area contributed by atoms with Crippen molar-refractivity contribution in [2.45, 2.75) is 6.92 Å². The fourth-order valence-corrected chi connectivity index (χ4v) is 3.17. The van der Waals surface area contributed by atoms with E-state index in [9.17, 15) is 0 Å². The summed E-state index contributed by atoms with van der Waals surface area (Å²) in [5.74, 6) is 1.83. The van der Waals surface area contributed by atoms with Crippen LogP contribution < -0.4 is 15.0 Å². The predicted octanol–water partition coefficient (Wildman–Crippen LogP) is 2.92. The Morgan fingerprint density at radius 2 is 1.96 bits per heavy atom. The number of nitrogens with zero attached hydrogens (tertiary/aromatic N) is 4. The van der Waals surface area contributed by atoms with Crippen LogP contribution in [0.3, 0.4) is 0 Å². The van der Waals surface area contributed by atoms with Gasteiger partial charge in [0, 0.05) is 55.6 Å². The van der Waals surface area contributed by atoms with Gasteiger partial charge in [0.1, 0.15) is 17.9 Å². The maximum Gasteiger partial charge on any atom is 0.128 e. The third-order valence-electron chi connectivity index (χ3n) is 4.41. The van der Waals surface area contributed by atoms with Crippen LogP contribution in [0.1, 0.15) is 6.92 Å². The molecule has 6 nitrogen and oxygen atoms in total. The van der Waals surface area contributed by atoms with Crippen molar-refractivity contribution in [1.29, 1.82) is 0 Å². The van der Waals surface area contributed by atoms with Gasteiger partial charge < -0.3 is 15.0 Å². The SMILES string of the molecule is CCOc1cc(-c2ccc(N3CCNCC3)nc2)c2cncnc2c1.Cl. The summed E-state index contributed by atoms with van der Waals surface area (Å²) in [6.07, 6.45) is 5.33. The fourth-order valence-electron chi connectivity index (χ4n) is 3.17. The first-order valence-electron chi connectivity index (χ1n) is 8.64. The molecule has 3 aromatic rings. The molecule has 4 rings (SSSR count). The second-order valence-corrected chi connectivity index (χ2v) is 6.00. The highest BCUT2D eigenvalue weighted by Crippen LogP contribution is 2.32. The summed E-state index contributed by atoms with van der Waals surface area (Å²) in [6.45, 7) is 6.58. The molecule has 1 aliphatic rings. The minimum absolute atomic E-state index is 0. The number of benzene rings is 1. The summed E-state index contributed by atoms with van der Waals surface area (Å²) in [5.41, 5.74) is 2.96. The highest BCUT2D eigenvalue weighted by atomic mass is 35.5. The first-order chi connectivity index (χ1) is 12.3. The predicted molar refractivity (Wildman–Crippen MR) is 106 cm³/mol. The van der Waals surface area contributed by atoms with Crippen LogP contribution in [0.4, 0.5) is 5.82 Å². The monoisotopic (exact) mass is 371 g/mol. The van der Waals surface area contributed by atoms with E-state index in [1.165, 1.54) is 0 Å². The van der Waals surface area contributed by atoms with Gasteiger partial charge >= 0.3 is 0 Å². The zero-order chi connectivity index (χ0) is 17.1. The summed E-state index contributed by atoms with van der Waals surface area (Å²) >= 11 is 0. The second kappa shape index (κ2) is 8.29. The van der Waals surface area contributed by atoms with Crippen LogP contribution in [0.2, 0.25) is 0 Å². The Labute approximate surface area is 159 Å². The summed E-state index contributed by atoms with van der Waals surface area (Å²) in [7, 11) is 0. The summed E-state index contributed by atoms with van der Waals surface area (Å²) in [6, 6.07) is 8.19. The van der Waals surface area contributed by atoms with Gasteiger partial charge in [0.05, 0.1) is 12.1 Å². The Morgan fingerprint density at radius 3 is 2.69 bits per heavy atom. The van der Waals surface area contributed by atoms with Crippen molar-refractivity contribution in [2.75, 3.05) is 37.7 Å². The van der Waals surface area contributed by atoms with Crippen LogP contribution in [0, 0.1) is 0 Å². The van der Waals surface area contributed by atoms with Crippen molar-refractivity contribution in [3.05, 3.63) is 43.0 Å². The Kier molecular flexibility index (Phi) is 5.85. The largest absolute Gasteiger partial charge is 0.494 e. The third-order valence-corrected chi connectivity index (χ3v) is 4.41. The topological polar surface area (TPSA) is 63.2 Å². The summed E-state index contributed by atoms with van der Waals surface area (Å²) in [4.78, 5) is 15.5. The van der Waals surface area contributed by atoms with Gasteiger partial charge in [0.15, 0.2) is 0 Å². The molecule has 3 heterocycles. The molecule has 0 amide bonds. The second-order valence-electron chi connectivity index (χ2n) is 6.00. The Bertz CT molecular complexity index is 865. The molecule has 1 saturated heterocycles. The normalized spacial score (nSPS) is 14.1. The maximum atomic E-state index is 5.70. The molecule has 0 radical (unpaired) electrons. The number of piperazine rings is 1. The summed E-state index contributed by atoms with van der Waals surface area (Å²) in [5, 5.41) is 4.37. The fraction of sp³-hybridized carbons (Fsp3) is 0.316. The molecule has 0 spiro atoms. The molecule has 2 aromatic heterocycles. The number of fused-ring (bicyclic) bond motifs is 1. The quantitative estimate of drug-likeness (QED) is 0.760. The molecule has 0 aliphatic carbocycles. The van der Waals surface area contributed by atoms with Crippen molar-refractivity contribution in [3.8, 4) is 16.9 Å². The van der Waals surface area contributed by atoms with Gasteiger partial charge in [-0.25, -0.2) is 15.0 Å². The van der Waals surface area contributed by atoms with E-state index in [0.717, 1.165) is 59.8 Å². The molecular weight excluding hydrogens is 350 g/mol. The minimum Gasteiger partial charge on any atom is -0.494 e. The Morgan fingerprint density at radius 1 is 1.12 bits per heavy atom. The molecular formula is C19H22ClN5O. The van der Waals surface area contributed by atoms with Crippen LogP contribution in [-0.2, 0) is 0 Å². The Hall–Kier alpha value is -2.44. The van der Waals surface area contributed by atoms with Crippen molar-refractivity contribution in [3.63, 3.8) is 0 Å². The first-order valence-corrected chi connectivity index (χ1v) is 8.64. The van der Waals surface area contributed by atoms with Gasteiger partial charge in [-0.1, -0.05) is 0 Å². The lowest BCUT2D eigenvalue weighted by Crippen LogP contribution is -2.43. The van der Waals surface area contributed by atoms with Gasteiger partial charge in [-0.15, -0.1) is 12.4 Å². The zero-order valence-electron chi connectivity index (χ0n) is 14.7. The average molecular weight is 372 g/mol. The van der Waals surface area contributed by atoms with Gasteiger partial charge in [0.2, 0.25) is 0 Å². The third kappa shape index (κ3) is 3.71. The lowest BCUT2D eigenvalue weighted by atomic mass is 10.0. The van der Waals surface area contributed by atoms with E-state index in [2.05, 4.69) is 37.3 Å². The zero-order valence-corrected chi connectivity index (χ0v) is 15.5. The molecule has 1 aliphatic heterocycles. The number of nitrogens with one attached hydrogen (secondary N) is 1. The average Bonchev–Trinajstić information content (AvgIpc) is 2.68. The van der Waals surface area contributed by atoms with Crippen LogP contribution >= 0.6 is 12.4 Å². The molecule has 136 valence electrons. The van der Waals surface area contributed by atoms with Gasteiger partial charge in [-0.3, -0.25) is 0 Å². The molecule has 1 fully saturated rings. The number of hydrogen-bond donors (Lipinski definition) is 1. The van der Waals surface area contributed by atoms with Gasteiger partial charge in [0.25, 0.3) is 0 Å². The number of anilines is 1. The molecule has 7 heteroatoms. The molecule has 1 N–H and O–H groups in total. The molecule has 0 bridgehead atoms. The van der Waals surface area contributed by atoms with Crippen molar-refractivity contribution < 1.29 is 4.74 Å². The number of pyridine rings is 1. The first kappa shape index (κ1) is 18.4. The maximum absolute atomic E-state index is 5.70. The highest BCUT2D eigenvalue weighted by Gasteiger charge is 2.13. The van der Waals surface area contributed by atoms with Gasteiger partial charge in [-0.05, 0) is 30.7 Å². The van der Waals surface area contributed by atoms with Crippen molar-refractivity contribution in [1.82, 2.24) is 20.3 Å². The van der Waals surface area contributed by atoms with E-state index in [0.29, 0.717) is 6.61 Å². The highest BCUT2D eigenvalue weighted by molar-refractivity contribution is 5.95. The minimum atomic E-state index is 0. The molecule has 0 atom stereocenters. The van der Waals surface area contributed by atoms with Crippen LogP contribution in [-0.4, -0.2) is 47.7 Å². The smallest absolute Gasteiger partial charge is 0.128 e. The Balaban J connectivity index is 0.00000196. The van der Waals surface area contributed by atoms with E-state index in [4.69, 9.17) is 4.74 Å². The molecule has 1 aromatic carbocycles. The standard InChI is InChI=1S/C19H21N5O.ClH/c1-2-25-15-9-16(17-12-21-13-23-18(17)10-15)14-3-4-19(22-11-14)24-7-5-20-6-8-24;/h3-4,9-13,20H,2,5-8H2,1H3;1H. The molecule has 0 unspecified atom stereocenters. The van der Waals surface area contributed by atoms with E-state index in [-0.39, 0.29) is 12.4 Å². The number of hydrogen-bond acceptors (Lipinski definition) is 6. The number of ether oxygens (including phenoxy) is 1. The van der Waals surface area contributed by atoms with Crippen LogP contribution in [0.5, 0.6) is 5.75 Å². The van der Waals surface area contributed by atoms with E-state index in [1.54, 1.807) is 6.33 Å². The van der Waals surface area contributed by atoms with Crippen LogP contribution in [0.15, 0.2) is 43.0 Å². The van der Waals surface area contributed by atoms with Crippen molar-refractivity contribution >= 4 is 29.1 Å². The van der Waals surface area contributed by atoms with E-state index < -0.39 is 0 Å². The molecule has 26 heavy (non-hydrogen) atoms. The number of halogens is 1. The lowest BCUT2D eigenvalue weighted by Gasteiger charge is -2.28. The number of aromatic nitrogens is 3. The lowest BCUT2D eigenvalue weighted by molar-refractivity contribution is 0.341. The number of rotatable bonds is 4.